The minimum Gasteiger partial charge on any atom is -0.361 e. The van der Waals surface area contributed by atoms with Crippen molar-refractivity contribution in [1.82, 2.24) is 10.7 Å². The summed E-state index contributed by atoms with van der Waals surface area (Å²) in [6.45, 7) is 2.83. The van der Waals surface area contributed by atoms with Crippen LogP contribution < -0.4 is 10.7 Å². The van der Waals surface area contributed by atoms with E-state index in [0.29, 0.717) is 5.11 Å². The van der Waals surface area contributed by atoms with Gasteiger partial charge < -0.3 is 5.32 Å². The SMILES string of the molecule is CCCNC(=S)N/N=C/c1ccc([N+](=O)[O-])cc1. The lowest BCUT2D eigenvalue weighted by Crippen LogP contribution is -2.32. The normalized spacial score (nSPS) is 10.3. The van der Waals surface area contributed by atoms with Crippen LogP contribution in [0.15, 0.2) is 29.4 Å². The van der Waals surface area contributed by atoms with Gasteiger partial charge in [-0.2, -0.15) is 5.10 Å². The maximum absolute atomic E-state index is 10.5. The summed E-state index contributed by atoms with van der Waals surface area (Å²) < 4.78 is 0. The summed E-state index contributed by atoms with van der Waals surface area (Å²) in [6.07, 6.45) is 2.53. The van der Waals surface area contributed by atoms with Crippen molar-refractivity contribution in [2.24, 2.45) is 5.10 Å². The van der Waals surface area contributed by atoms with Gasteiger partial charge in [0.1, 0.15) is 0 Å². The second kappa shape index (κ2) is 7.33. The summed E-state index contributed by atoms with van der Waals surface area (Å²) in [7, 11) is 0. The Morgan fingerprint density at radius 3 is 2.72 bits per heavy atom. The average Bonchev–Trinajstić information content (AvgIpc) is 2.37. The van der Waals surface area contributed by atoms with Crippen LogP contribution in [0.5, 0.6) is 0 Å². The Hall–Kier alpha value is -2.02. The van der Waals surface area contributed by atoms with Crippen molar-refractivity contribution in [1.29, 1.82) is 0 Å². The first-order valence-electron chi connectivity index (χ1n) is 5.45. The number of thiocarbonyl (C=S) groups is 1. The highest BCUT2D eigenvalue weighted by Crippen LogP contribution is 2.10. The third-order valence-corrected chi connectivity index (χ3v) is 2.25. The van der Waals surface area contributed by atoms with E-state index in [-0.39, 0.29) is 5.69 Å². The molecule has 0 aromatic heterocycles. The van der Waals surface area contributed by atoms with Gasteiger partial charge in [-0.1, -0.05) is 6.92 Å². The standard InChI is InChI=1S/C11H14N4O2S/c1-2-7-12-11(18)14-13-8-9-3-5-10(6-4-9)15(16)17/h3-6,8H,2,7H2,1H3,(H2,12,14,18)/b13-8+. The van der Waals surface area contributed by atoms with Crippen LogP contribution in [-0.4, -0.2) is 22.8 Å². The molecule has 1 rings (SSSR count). The molecule has 0 atom stereocenters. The van der Waals surface area contributed by atoms with E-state index >= 15 is 0 Å². The molecule has 0 spiro atoms. The Balaban J connectivity index is 2.47. The van der Waals surface area contributed by atoms with Crippen molar-refractivity contribution in [3.63, 3.8) is 0 Å². The molecule has 96 valence electrons. The predicted octanol–water partition coefficient (Wildman–Crippen LogP) is 1.80. The number of non-ortho nitro benzene ring substituents is 1. The molecule has 0 bridgehead atoms. The van der Waals surface area contributed by atoms with Gasteiger partial charge in [-0.15, -0.1) is 0 Å². The number of rotatable bonds is 5. The number of nitrogens with zero attached hydrogens (tertiary/aromatic N) is 2. The number of benzene rings is 1. The van der Waals surface area contributed by atoms with Gasteiger partial charge in [-0.05, 0) is 36.3 Å². The zero-order valence-electron chi connectivity index (χ0n) is 9.92. The molecule has 6 nitrogen and oxygen atoms in total. The Labute approximate surface area is 110 Å². The molecule has 0 aliphatic carbocycles. The minimum absolute atomic E-state index is 0.0558. The van der Waals surface area contributed by atoms with Crippen molar-refractivity contribution in [2.45, 2.75) is 13.3 Å². The first-order valence-corrected chi connectivity index (χ1v) is 5.85. The Kier molecular flexibility index (Phi) is 5.72. The second-order valence-electron chi connectivity index (χ2n) is 3.47. The van der Waals surface area contributed by atoms with Gasteiger partial charge in [0, 0.05) is 18.7 Å². The smallest absolute Gasteiger partial charge is 0.269 e. The fourth-order valence-electron chi connectivity index (χ4n) is 1.13. The highest BCUT2D eigenvalue weighted by atomic mass is 32.1. The van der Waals surface area contributed by atoms with Crippen LogP contribution >= 0.6 is 12.2 Å². The maximum Gasteiger partial charge on any atom is 0.269 e. The van der Waals surface area contributed by atoms with Crippen molar-refractivity contribution in [3.05, 3.63) is 39.9 Å². The fourth-order valence-corrected chi connectivity index (χ4v) is 1.28. The molecular weight excluding hydrogens is 252 g/mol. The van der Waals surface area contributed by atoms with E-state index in [0.717, 1.165) is 18.5 Å². The summed E-state index contributed by atoms with van der Waals surface area (Å²) in [5, 5.41) is 17.8. The van der Waals surface area contributed by atoms with E-state index < -0.39 is 4.92 Å². The first kappa shape index (κ1) is 14.0. The van der Waals surface area contributed by atoms with Crippen molar-refractivity contribution < 1.29 is 4.92 Å². The van der Waals surface area contributed by atoms with E-state index in [1.807, 2.05) is 6.92 Å². The molecule has 0 saturated heterocycles. The van der Waals surface area contributed by atoms with E-state index in [2.05, 4.69) is 15.8 Å². The van der Waals surface area contributed by atoms with E-state index in [1.165, 1.54) is 12.1 Å². The minimum atomic E-state index is -0.442. The molecule has 18 heavy (non-hydrogen) atoms. The van der Waals surface area contributed by atoms with Crippen molar-refractivity contribution >= 4 is 29.2 Å². The summed E-state index contributed by atoms with van der Waals surface area (Å²) in [6, 6.07) is 6.09. The van der Waals surface area contributed by atoms with E-state index in [1.54, 1.807) is 18.3 Å². The van der Waals surface area contributed by atoms with Crippen molar-refractivity contribution in [3.8, 4) is 0 Å². The van der Waals surface area contributed by atoms with Crippen LogP contribution in [0.4, 0.5) is 5.69 Å². The lowest BCUT2D eigenvalue weighted by Gasteiger charge is -2.04. The van der Waals surface area contributed by atoms with Gasteiger partial charge in [0.25, 0.3) is 5.69 Å². The lowest BCUT2D eigenvalue weighted by molar-refractivity contribution is -0.384. The Morgan fingerprint density at radius 1 is 1.50 bits per heavy atom. The number of hydrazone groups is 1. The number of nitro groups is 1. The zero-order valence-corrected chi connectivity index (χ0v) is 10.7. The molecule has 0 heterocycles. The molecule has 0 radical (unpaired) electrons. The Morgan fingerprint density at radius 2 is 2.17 bits per heavy atom. The van der Waals surface area contributed by atoms with Gasteiger partial charge in [0.2, 0.25) is 0 Å². The number of hydrogen-bond acceptors (Lipinski definition) is 4. The molecule has 2 N–H and O–H groups in total. The molecule has 0 fully saturated rings. The van der Waals surface area contributed by atoms with Crippen molar-refractivity contribution in [2.75, 3.05) is 6.54 Å². The second-order valence-corrected chi connectivity index (χ2v) is 3.88. The first-order chi connectivity index (χ1) is 8.63. The van der Waals surface area contributed by atoms with E-state index in [4.69, 9.17) is 12.2 Å². The fraction of sp³-hybridized carbons (Fsp3) is 0.273. The van der Waals surface area contributed by atoms with Crippen LogP contribution in [0.1, 0.15) is 18.9 Å². The molecule has 0 saturated carbocycles. The van der Waals surface area contributed by atoms with Gasteiger partial charge in [-0.25, -0.2) is 0 Å². The molecule has 0 amide bonds. The Bertz CT molecular complexity index is 445. The van der Waals surface area contributed by atoms with Crippen LogP contribution in [0.3, 0.4) is 0 Å². The molecule has 0 unspecified atom stereocenters. The number of nitro benzene ring substituents is 1. The summed E-state index contributed by atoms with van der Waals surface area (Å²) in [4.78, 5) is 10.0. The van der Waals surface area contributed by atoms with Crippen LogP contribution in [0.25, 0.3) is 0 Å². The van der Waals surface area contributed by atoms with Gasteiger partial charge in [0.05, 0.1) is 11.1 Å². The highest BCUT2D eigenvalue weighted by molar-refractivity contribution is 7.80. The molecule has 7 heteroatoms. The maximum atomic E-state index is 10.5. The highest BCUT2D eigenvalue weighted by Gasteiger charge is 2.02. The average molecular weight is 266 g/mol. The third-order valence-electron chi connectivity index (χ3n) is 2.02. The predicted molar refractivity (Wildman–Crippen MR) is 74.7 cm³/mol. The van der Waals surface area contributed by atoms with Crippen LogP contribution in [0.2, 0.25) is 0 Å². The molecule has 0 aliphatic rings. The molecule has 1 aromatic carbocycles. The topological polar surface area (TPSA) is 79.6 Å². The van der Waals surface area contributed by atoms with Crippen LogP contribution in [0, 0.1) is 10.1 Å². The third kappa shape index (κ3) is 4.88. The molecule has 0 aliphatic heterocycles. The van der Waals surface area contributed by atoms with Crippen LogP contribution in [-0.2, 0) is 0 Å². The number of nitrogens with one attached hydrogen (secondary N) is 2. The zero-order chi connectivity index (χ0) is 13.4. The van der Waals surface area contributed by atoms with Gasteiger partial charge in [0.15, 0.2) is 5.11 Å². The largest absolute Gasteiger partial charge is 0.361 e. The van der Waals surface area contributed by atoms with E-state index in [9.17, 15) is 10.1 Å². The summed E-state index contributed by atoms with van der Waals surface area (Å²) in [5.74, 6) is 0. The van der Waals surface area contributed by atoms with Gasteiger partial charge in [-0.3, -0.25) is 15.5 Å². The summed E-state index contributed by atoms with van der Waals surface area (Å²) >= 11 is 4.96. The quantitative estimate of drug-likeness (QED) is 0.368. The molecule has 1 aromatic rings. The molecular formula is C11H14N4O2S. The van der Waals surface area contributed by atoms with Gasteiger partial charge >= 0.3 is 0 Å². The number of hydrogen-bond donors (Lipinski definition) is 2. The lowest BCUT2D eigenvalue weighted by atomic mass is 10.2. The summed E-state index contributed by atoms with van der Waals surface area (Å²) in [5.41, 5.74) is 3.47. The monoisotopic (exact) mass is 266 g/mol.